The van der Waals surface area contributed by atoms with Crippen LogP contribution in [-0.4, -0.2) is 59.4 Å². The van der Waals surface area contributed by atoms with Gasteiger partial charge in [-0.2, -0.15) is 0 Å². The zero-order chi connectivity index (χ0) is 28.7. The quantitative estimate of drug-likeness (QED) is 0.191. The van der Waals surface area contributed by atoms with Gasteiger partial charge >= 0.3 is 5.97 Å². The van der Waals surface area contributed by atoms with Crippen molar-refractivity contribution in [3.05, 3.63) is 99.8 Å². The first-order chi connectivity index (χ1) is 19.2. The van der Waals surface area contributed by atoms with E-state index in [-0.39, 0.29) is 28.8 Å². The summed E-state index contributed by atoms with van der Waals surface area (Å²) in [5.74, 6) is -0.472. The molecule has 1 aliphatic heterocycles. The summed E-state index contributed by atoms with van der Waals surface area (Å²) in [6, 6.07) is 21.6. The summed E-state index contributed by atoms with van der Waals surface area (Å²) < 4.78 is 5.35. The summed E-state index contributed by atoms with van der Waals surface area (Å²) in [6.07, 6.45) is 1.89. The van der Waals surface area contributed by atoms with Gasteiger partial charge in [0.15, 0.2) is 0 Å². The third-order valence-corrected chi connectivity index (χ3v) is 7.68. The van der Waals surface area contributed by atoms with Crippen molar-refractivity contribution in [1.82, 2.24) is 4.90 Å². The van der Waals surface area contributed by atoms with Crippen molar-refractivity contribution in [2.45, 2.75) is 51.1 Å². The molecule has 2 atom stereocenters. The summed E-state index contributed by atoms with van der Waals surface area (Å²) in [5.41, 5.74) is 2.58. The van der Waals surface area contributed by atoms with Crippen LogP contribution >= 0.6 is 11.6 Å². The number of nitrogens with zero attached hydrogens (tertiary/aromatic N) is 3. The normalized spacial score (nSPS) is 17.9. The van der Waals surface area contributed by atoms with E-state index in [0.29, 0.717) is 34.2 Å². The number of rotatable bonds is 11. The second kappa shape index (κ2) is 14.6. The Hall–Kier alpha value is -3.19. The molecule has 0 spiro atoms. The van der Waals surface area contributed by atoms with Gasteiger partial charge in [-0.1, -0.05) is 67.1 Å². The fraction of sp³-hybridized carbons (Fsp3) is 0.344. The number of carbonyl (C=O) groups is 2. The van der Waals surface area contributed by atoms with Crippen LogP contribution in [0.2, 0.25) is 5.02 Å². The van der Waals surface area contributed by atoms with E-state index in [1.807, 2.05) is 61.5 Å². The number of hydrogen-bond acceptors (Lipinski definition) is 5. The van der Waals surface area contributed by atoms with Crippen LogP contribution in [0.15, 0.2) is 77.8 Å². The summed E-state index contributed by atoms with van der Waals surface area (Å²) >= 11 is 6.47. The number of ether oxygens (including phenoxy) is 1. The topological polar surface area (TPSA) is 93.3 Å². The van der Waals surface area contributed by atoms with Gasteiger partial charge in [0, 0.05) is 27.1 Å². The summed E-state index contributed by atoms with van der Waals surface area (Å²) in [6.45, 7) is 5.63. The van der Waals surface area contributed by atoms with Crippen LogP contribution in [-0.2, 0) is 32.5 Å². The number of likely N-dealkylation sites (tertiary alicyclic amines) is 1. The molecule has 7 nitrogen and oxygen atoms in total. The maximum atomic E-state index is 13.6. The first-order valence-electron chi connectivity index (χ1n) is 13.5. The van der Waals surface area contributed by atoms with E-state index in [1.165, 1.54) is 0 Å². The molecule has 0 aromatic heterocycles. The van der Waals surface area contributed by atoms with E-state index in [2.05, 4.69) is 17.1 Å². The second-order valence-electron chi connectivity index (χ2n) is 10.2. The molecule has 1 fully saturated rings. The molecule has 0 saturated carbocycles. The summed E-state index contributed by atoms with van der Waals surface area (Å²) in [5, 5.41) is 14.8. The van der Waals surface area contributed by atoms with Crippen LogP contribution in [0, 0.1) is 0 Å². The Balaban J connectivity index is 0.00000462. The smallest absolute Gasteiger partial charge is 0.305 e. The molecule has 1 aliphatic rings. The molecule has 9 heteroatoms. The molecule has 220 valence electrons. The number of aliphatic imine (C=N–C) groups is 1. The molecule has 4 rings (SSSR count). The first-order valence-corrected chi connectivity index (χ1v) is 13.9. The van der Waals surface area contributed by atoms with Gasteiger partial charge < -0.3 is 20.0 Å². The van der Waals surface area contributed by atoms with Crippen molar-refractivity contribution in [3.63, 3.8) is 0 Å². The van der Waals surface area contributed by atoms with Crippen molar-refractivity contribution in [2.24, 2.45) is 4.99 Å². The number of aliphatic carboxylic acids is 1. The number of hydrogen-bond donors (Lipinski definition) is 1. The molecular weight excluding hydrogens is 585 g/mol. The maximum absolute atomic E-state index is 13.6. The van der Waals surface area contributed by atoms with Gasteiger partial charge in [-0.3, -0.25) is 14.7 Å². The van der Waals surface area contributed by atoms with E-state index < -0.39 is 17.6 Å². The van der Waals surface area contributed by atoms with Crippen LogP contribution in [0.1, 0.15) is 49.8 Å². The van der Waals surface area contributed by atoms with Crippen molar-refractivity contribution < 1.29 is 35.9 Å². The van der Waals surface area contributed by atoms with Crippen LogP contribution in [0.25, 0.3) is 5.32 Å². The average Bonchev–Trinajstić information content (AvgIpc) is 3.34. The zero-order valence-corrected chi connectivity index (χ0v) is 25.2. The minimum absolute atomic E-state index is 0. The molecular formula is C32H35ClN3NiO4-. The number of carboxylic acids is 1. The molecule has 0 radical (unpaired) electrons. The molecule has 0 bridgehead atoms. The Kier molecular flexibility index (Phi) is 11.5. The first kappa shape index (κ1) is 32.3. The van der Waals surface area contributed by atoms with Crippen molar-refractivity contribution in [2.75, 3.05) is 20.2 Å². The Labute approximate surface area is 256 Å². The summed E-state index contributed by atoms with van der Waals surface area (Å²) in [4.78, 5) is 32.7. The fourth-order valence-corrected chi connectivity index (χ4v) is 5.48. The van der Waals surface area contributed by atoms with Gasteiger partial charge in [0.2, 0.25) is 0 Å². The van der Waals surface area contributed by atoms with Gasteiger partial charge in [0.25, 0.3) is 0 Å². The van der Waals surface area contributed by atoms with Crippen LogP contribution < -0.4 is 4.74 Å². The number of benzene rings is 3. The Morgan fingerprint density at radius 2 is 1.88 bits per heavy atom. The van der Waals surface area contributed by atoms with Gasteiger partial charge in [0.1, 0.15) is 5.75 Å². The third-order valence-electron chi connectivity index (χ3n) is 7.44. The van der Waals surface area contributed by atoms with Crippen LogP contribution in [0.3, 0.4) is 0 Å². The number of carboxylic acid groups (broad SMARTS) is 1. The van der Waals surface area contributed by atoms with E-state index >= 15 is 0 Å². The predicted molar refractivity (Wildman–Crippen MR) is 159 cm³/mol. The molecule has 1 saturated heterocycles. The second-order valence-corrected chi connectivity index (χ2v) is 10.6. The van der Waals surface area contributed by atoms with Gasteiger partial charge in [0.05, 0.1) is 36.7 Å². The van der Waals surface area contributed by atoms with E-state index in [4.69, 9.17) is 21.3 Å². The van der Waals surface area contributed by atoms with Crippen LogP contribution in [0.4, 0.5) is 5.69 Å². The average molecular weight is 620 g/mol. The number of carbonyl (C=O) groups excluding carboxylic acids is 1. The number of halogens is 1. The minimum atomic E-state index is -0.955. The minimum Gasteiger partial charge on any atom is -0.625 e. The Morgan fingerprint density at radius 1 is 1.12 bits per heavy atom. The largest absolute Gasteiger partial charge is 0.625 e. The van der Waals surface area contributed by atoms with Gasteiger partial charge in [-0.25, -0.2) is 0 Å². The van der Waals surface area contributed by atoms with E-state index in [0.717, 1.165) is 37.1 Å². The molecule has 1 heterocycles. The maximum Gasteiger partial charge on any atom is 0.305 e. The van der Waals surface area contributed by atoms with E-state index in [9.17, 15) is 14.7 Å². The van der Waals surface area contributed by atoms with Crippen molar-refractivity contribution in [1.29, 1.82) is 0 Å². The number of methoxy groups -OCH3 is 1. The fourth-order valence-electron chi connectivity index (χ4n) is 5.31. The zero-order valence-electron chi connectivity index (χ0n) is 23.5. The molecule has 3 aromatic rings. The molecule has 0 aliphatic carbocycles. The monoisotopic (exact) mass is 618 g/mol. The SMILES string of the molecule is CCN1CCC[C@]1(C)C(=O)[N-]c1ccc(Cl)cc1C(=N[C@@H](CC(=O)O)Cc1cccc(OC)c1)c1ccccc1.[Ni]. The van der Waals surface area contributed by atoms with Crippen molar-refractivity contribution in [3.8, 4) is 5.75 Å². The van der Waals surface area contributed by atoms with E-state index in [1.54, 1.807) is 25.3 Å². The van der Waals surface area contributed by atoms with Crippen LogP contribution in [0.5, 0.6) is 5.75 Å². The predicted octanol–water partition coefficient (Wildman–Crippen LogP) is 6.68. The number of likely N-dealkylation sites (N-methyl/N-ethyl adjacent to an activating group) is 1. The van der Waals surface area contributed by atoms with Crippen molar-refractivity contribution >= 4 is 34.9 Å². The summed E-state index contributed by atoms with van der Waals surface area (Å²) in [7, 11) is 1.59. The third kappa shape index (κ3) is 7.97. The molecule has 1 N–H and O–H groups in total. The molecule has 3 aromatic carbocycles. The van der Waals surface area contributed by atoms with Gasteiger partial charge in [-0.15, -0.1) is 5.69 Å². The molecule has 0 unspecified atom stereocenters. The standard InChI is InChI=1S/C32H36ClN3O4.Ni/c1-4-36-17-9-16-32(36,2)31(39)35-28-15-14-24(33)20-27(28)30(23-11-6-5-7-12-23)34-25(21-29(37)38)18-22-10-8-13-26(19-22)40-3;/h5-8,10-15,19-20,25H,4,9,16-18,21H2,1-3H3,(H2,34,35,37,38,39);/p-1/t25-,32-;/m1./s1. The molecule has 1 amide bonds. The molecule has 41 heavy (non-hydrogen) atoms. The Morgan fingerprint density at radius 3 is 2.56 bits per heavy atom. The van der Waals surface area contributed by atoms with Gasteiger partial charge in [-0.05, 0) is 74.7 Å². The number of amides is 1. The Bertz CT molecular complexity index is 1380.